The van der Waals surface area contributed by atoms with Gasteiger partial charge < -0.3 is 15.7 Å². The molecule has 1 atom stereocenters. The largest absolute Gasteiger partial charge is 0.387 e. The minimum absolute atomic E-state index is 0.389. The fourth-order valence-electron chi connectivity index (χ4n) is 2.14. The van der Waals surface area contributed by atoms with Crippen molar-refractivity contribution in [1.82, 2.24) is 4.90 Å². The highest BCUT2D eigenvalue weighted by Gasteiger charge is 2.43. The molecule has 3 heteroatoms. The summed E-state index contributed by atoms with van der Waals surface area (Å²) in [5, 5.41) is 10.3. The molecule has 1 saturated carbocycles. The summed E-state index contributed by atoms with van der Waals surface area (Å²) < 4.78 is 0. The highest BCUT2D eigenvalue weighted by molar-refractivity contribution is 4.97. The highest BCUT2D eigenvalue weighted by Crippen LogP contribution is 2.39. The molecule has 1 aliphatic carbocycles. The number of nitrogens with two attached hydrogens (primary N) is 1. The molecule has 84 valence electrons. The van der Waals surface area contributed by atoms with Gasteiger partial charge in [0.1, 0.15) is 0 Å². The van der Waals surface area contributed by atoms with Crippen LogP contribution in [0.4, 0.5) is 0 Å². The normalized spacial score (nSPS) is 21.6. The van der Waals surface area contributed by atoms with E-state index in [1.807, 2.05) is 0 Å². The number of nitrogens with zero attached hydrogens (tertiary/aromatic N) is 1. The van der Waals surface area contributed by atoms with E-state index in [9.17, 15) is 5.11 Å². The molecular weight excluding hydrogens is 176 g/mol. The highest BCUT2D eigenvalue weighted by atomic mass is 16.3. The van der Waals surface area contributed by atoms with Gasteiger partial charge in [-0.05, 0) is 31.7 Å². The van der Waals surface area contributed by atoms with Gasteiger partial charge in [0.05, 0.1) is 5.60 Å². The summed E-state index contributed by atoms with van der Waals surface area (Å²) in [6, 6.07) is 0. The first kappa shape index (κ1) is 12.0. The minimum atomic E-state index is -0.635. The molecule has 0 aromatic carbocycles. The summed E-state index contributed by atoms with van der Waals surface area (Å²) in [5.74, 6) is 1.09. The van der Waals surface area contributed by atoms with Crippen LogP contribution in [0.25, 0.3) is 0 Å². The Morgan fingerprint density at radius 2 is 2.07 bits per heavy atom. The zero-order chi connectivity index (χ0) is 10.8. The van der Waals surface area contributed by atoms with Gasteiger partial charge in [0, 0.05) is 19.6 Å². The van der Waals surface area contributed by atoms with Crippen molar-refractivity contribution in [2.45, 2.75) is 32.3 Å². The molecule has 0 spiro atoms. The number of hydrogen-bond acceptors (Lipinski definition) is 3. The first-order valence-electron chi connectivity index (χ1n) is 5.59. The molecule has 0 amide bonds. The molecule has 0 aromatic rings. The second kappa shape index (κ2) is 4.60. The Labute approximate surface area is 87.3 Å². The van der Waals surface area contributed by atoms with Crippen molar-refractivity contribution in [3.05, 3.63) is 0 Å². The average Bonchev–Trinajstić information content (AvgIpc) is 2.84. The van der Waals surface area contributed by atoms with Gasteiger partial charge in [-0.15, -0.1) is 0 Å². The molecular formula is C11H24N2O. The zero-order valence-electron chi connectivity index (χ0n) is 9.66. The van der Waals surface area contributed by atoms with Gasteiger partial charge in [-0.1, -0.05) is 13.8 Å². The van der Waals surface area contributed by atoms with E-state index in [0.717, 1.165) is 19.4 Å². The van der Waals surface area contributed by atoms with E-state index < -0.39 is 5.60 Å². The number of hydrogen-bond donors (Lipinski definition) is 2. The third-order valence-electron chi connectivity index (χ3n) is 2.91. The van der Waals surface area contributed by atoms with Gasteiger partial charge in [-0.25, -0.2) is 0 Å². The second-order valence-corrected chi connectivity index (χ2v) is 5.17. The molecule has 0 saturated heterocycles. The Balaban J connectivity index is 2.39. The van der Waals surface area contributed by atoms with Crippen LogP contribution in [-0.4, -0.2) is 42.3 Å². The van der Waals surface area contributed by atoms with E-state index in [2.05, 4.69) is 25.8 Å². The van der Waals surface area contributed by atoms with Crippen LogP contribution >= 0.6 is 0 Å². The predicted octanol–water partition coefficient (Wildman–Crippen LogP) is 0.674. The van der Waals surface area contributed by atoms with Crippen molar-refractivity contribution in [2.75, 3.05) is 26.7 Å². The summed E-state index contributed by atoms with van der Waals surface area (Å²) in [5.41, 5.74) is 5.02. The van der Waals surface area contributed by atoms with Gasteiger partial charge >= 0.3 is 0 Å². The molecule has 0 heterocycles. The van der Waals surface area contributed by atoms with Crippen molar-refractivity contribution < 1.29 is 5.11 Å². The van der Waals surface area contributed by atoms with Crippen LogP contribution in [0.15, 0.2) is 0 Å². The quantitative estimate of drug-likeness (QED) is 0.663. The maximum atomic E-state index is 10.3. The molecule has 1 unspecified atom stereocenters. The van der Waals surface area contributed by atoms with Gasteiger partial charge in [0.15, 0.2) is 0 Å². The number of likely N-dealkylation sites (N-methyl/N-ethyl adjacent to an activating group) is 1. The van der Waals surface area contributed by atoms with E-state index >= 15 is 0 Å². The van der Waals surface area contributed by atoms with Crippen molar-refractivity contribution in [1.29, 1.82) is 0 Å². The Kier molecular flexibility index (Phi) is 3.93. The maximum Gasteiger partial charge on any atom is 0.0923 e. The lowest BCUT2D eigenvalue weighted by molar-refractivity contribution is -0.00413. The summed E-state index contributed by atoms with van der Waals surface area (Å²) in [7, 11) is 2.06. The van der Waals surface area contributed by atoms with Crippen molar-refractivity contribution in [3.8, 4) is 0 Å². The van der Waals surface area contributed by atoms with Gasteiger partial charge in [-0.3, -0.25) is 0 Å². The van der Waals surface area contributed by atoms with E-state index in [-0.39, 0.29) is 0 Å². The average molecular weight is 200 g/mol. The SMILES string of the molecule is CC(C)CN(C)CC(O)(CN)C1CC1. The smallest absolute Gasteiger partial charge is 0.0923 e. The molecule has 3 N–H and O–H groups in total. The lowest BCUT2D eigenvalue weighted by Gasteiger charge is -2.32. The standard InChI is InChI=1S/C11H24N2O/c1-9(2)6-13(3)8-11(14,7-12)10-4-5-10/h9-10,14H,4-8,12H2,1-3H3. The Hall–Kier alpha value is -0.120. The lowest BCUT2D eigenvalue weighted by Crippen LogP contribution is -2.49. The molecule has 1 aliphatic rings. The summed E-state index contributed by atoms with van der Waals surface area (Å²) >= 11 is 0. The Morgan fingerprint density at radius 3 is 2.43 bits per heavy atom. The van der Waals surface area contributed by atoms with Crippen LogP contribution in [0.5, 0.6) is 0 Å². The fourth-order valence-corrected chi connectivity index (χ4v) is 2.14. The molecule has 0 bridgehead atoms. The third kappa shape index (κ3) is 3.23. The van der Waals surface area contributed by atoms with Gasteiger partial charge in [0.2, 0.25) is 0 Å². The first-order chi connectivity index (χ1) is 6.48. The monoisotopic (exact) mass is 200 g/mol. The van der Waals surface area contributed by atoms with Gasteiger partial charge in [0.25, 0.3) is 0 Å². The van der Waals surface area contributed by atoms with E-state index in [4.69, 9.17) is 5.73 Å². The van der Waals surface area contributed by atoms with E-state index in [0.29, 0.717) is 24.9 Å². The van der Waals surface area contributed by atoms with Crippen molar-refractivity contribution in [2.24, 2.45) is 17.6 Å². The lowest BCUT2D eigenvalue weighted by atomic mass is 9.97. The summed E-state index contributed by atoms with van der Waals surface area (Å²) in [4.78, 5) is 2.19. The van der Waals surface area contributed by atoms with Gasteiger partial charge in [-0.2, -0.15) is 0 Å². The second-order valence-electron chi connectivity index (χ2n) is 5.17. The van der Waals surface area contributed by atoms with E-state index in [1.54, 1.807) is 0 Å². The molecule has 1 rings (SSSR count). The number of rotatable bonds is 6. The van der Waals surface area contributed by atoms with Crippen LogP contribution in [0.2, 0.25) is 0 Å². The molecule has 1 fully saturated rings. The fraction of sp³-hybridized carbons (Fsp3) is 1.00. The van der Waals surface area contributed by atoms with Crippen LogP contribution < -0.4 is 5.73 Å². The molecule has 14 heavy (non-hydrogen) atoms. The van der Waals surface area contributed by atoms with Crippen LogP contribution in [0.3, 0.4) is 0 Å². The zero-order valence-corrected chi connectivity index (χ0v) is 9.66. The predicted molar refractivity (Wildman–Crippen MR) is 59.1 cm³/mol. The van der Waals surface area contributed by atoms with Crippen LogP contribution in [0, 0.1) is 11.8 Å². The van der Waals surface area contributed by atoms with E-state index in [1.165, 1.54) is 0 Å². The Bertz CT molecular complexity index is 180. The van der Waals surface area contributed by atoms with Crippen LogP contribution in [0.1, 0.15) is 26.7 Å². The first-order valence-corrected chi connectivity index (χ1v) is 5.59. The Morgan fingerprint density at radius 1 is 1.50 bits per heavy atom. The molecule has 3 nitrogen and oxygen atoms in total. The van der Waals surface area contributed by atoms with Crippen molar-refractivity contribution in [3.63, 3.8) is 0 Å². The molecule has 0 aromatic heterocycles. The van der Waals surface area contributed by atoms with Crippen LogP contribution in [-0.2, 0) is 0 Å². The topological polar surface area (TPSA) is 49.5 Å². The molecule has 0 radical (unpaired) electrons. The minimum Gasteiger partial charge on any atom is -0.387 e. The number of aliphatic hydroxyl groups is 1. The summed E-state index contributed by atoms with van der Waals surface area (Å²) in [6.45, 7) is 6.51. The van der Waals surface area contributed by atoms with Crippen molar-refractivity contribution >= 4 is 0 Å². The third-order valence-corrected chi connectivity index (χ3v) is 2.91. The summed E-state index contributed by atoms with van der Waals surface area (Å²) in [6.07, 6.45) is 2.28. The molecule has 0 aliphatic heterocycles. The maximum absolute atomic E-state index is 10.3.